The van der Waals surface area contributed by atoms with Crippen molar-refractivity contribution in [3.05, 3.63) is 29.8 Å². The smallest absolute Gasteiger partial charge is 0.120 e. The largest absolute Gasteiger partial charge is 0.491 e. The maximum atomic E-state index is 8.70. The van der Waals surface area contributed by atoms with E-state index >= 15 is 0 Å². The first-order valence-electron chi connectivity index (χ1n) is 6.51. The zero-order valence-corrected chi connectivity index (χ0v) is 11.4. The van der Waals surface area contributed by atoms with Crippen LogP contribution >= 0.6 is 0 Å². The molecule has 1 atom stereocenters. The van der Waals surface area contributed by atoms with Crippen molar-refractivity contribution in [2.45, 2.75) is 52.3 Å². The van der Waals surface area contributed by atoms with Gasteiger partial charge in [-0.15, -0.1) is 0 Å². The molecule has 0 spiro atoms. The normalized spacial score (nSPS) is 12.2. The summed E-state index contributed by atoms with van der Waals surface area (Å²) in [7, 11) is 0. The van der Waals surface area contributed by atoms with Gasteiger partial charge in [0.25, 0.3) is 0 Å². The first-order valence-corrected chi connectivity index (χ1v) is 6.51. The van der Waals surface area contributed by atoms with E-state index in [0.717, 1.165) is 18.7 Å². The number of hydrogen-bond acceptors (Lipinski definition) is 3. The Hall–Kier alpha value is -1.53. The molecule has 18 heavy (non-hydrogen) atoms. The van der Waals surface area contributed by atoms with Crippen LogP contribution in [0.3, 0.4) is 0 Å². The van der Waals surface area contributed by atoms with Crippen LogP contribution in [0.15, 0.2) is 24.3 Å². The molecule has 0 fully saturated rings. The number of hydrogen-bond donors (Lipinski definition) is 1. The second kappa shape index (κ2) is 7.73. The summed E-state index contributed by atoms with van der Waals surface area (Å²) < 4.78 is 5.66. The molecule has 3 heteroatoms. The van der Waals surface area contributed by atoms with Crippen LogP contribution in [-0.4, -0.2) is 12.1 Å². The second-order valence-electron chi connectivity index (χ2n) is 4.66. The summed E-state index contributed by atoms with van der Waals surface area (Å²) in [6.45, 7) is 6.90. The van der Waals surface area contributed by atoms with E-state index in [2.05, 4.69) is 24.4 Å². The van der Waals surface area contributed by atoms with Gasteiger partial charge in [0.2, 0.25) is 0 Å². The van der Waals surface area contributed by atoms with Gasteiger partial charge in [-0.2, -0.15) is 5.26 Å². The highest BCUT2D eigenvalue weighted by Crippen LogP contribution is 2.15. The Morgan fingerprint density at radius 2 is 2.17 bits per heavy atom. The number of nitrogens with zero attached hydrogens (tertiary/aromatic N) is 1. The Morgan fingerprint density at radius 1 is 1.39 bits per heavy atom. The summed E-state index contributed by atoms with van der Waals surface area (Å²) in [5.74, 6) is 0.901. The van der Waals surface area contributed by atoms with Crippen molar-refractivity contribution in [1.82, 2.24) is 5.32 Å². The Morgan fingerprint density at radius 3 is 2.78 bits per heavy atom. The van der Waals surface area contributed by atoms with Crippen molar-refractivity contribution < 1.29 is 4.74 Å². The molecule has 0 saturated carbocycles. The first kappa shape index (κ1) is 14.5. The monoisotopic (exact) mass is 246 g/mol. The lowest BCUT2D eigenvalue weighted by molar-refractivity contribution is 0.242. The molecule has 1 N–H and O–H groups in total. The molecule has 0 aliphatic heterocycles. The molecule has 0 saturated heterocycles. The van der Waals surface area contributed by atoms with Crippen LogP contribution in [0, 0.1) is 11.3 Å². The van der Waals surface area contributed by atoms with Gasteiger partial charge in [-0.3, -0.25) is 0 Å². The number of rotatable bonds is 7. The van der Waals surface area contributed by atoms with Crippen LogP contribution in [0.4, 0.5) is 0 Å². The highest BCUT2D eigenvalue weighted by molar-refractivity contribution is 5.28. The van der Waals surface area contributed by atoms with Gasteiger partial charge in [-0.1, -0.05) is 19.1 Å². The SMILES string of the molecule is CCC(CC#N)NCc1cccc(OC(C)C)c1. The van der Waals surface area contributed by atoms with Crippen LogP contribution in [0.5, 0.6) is 5.75 Å². The fraction of sp³-hybridized carbons (Fsp3) is 0.533. The number of nitrogens with one attached hydrogen (secondary N) is 1. The third kappa shape index (κ3) is 5.20. The maximum absolute atomic E-state index is 8.70. The highest BCUT2D eigenvalue weighted by atomic mass is 16.5. The van der Waals surface area contributed by atoms with Crippen molar-refractivity contribution >= 4 is 0 Å². The summed E-state index contributed by atoms with van der Waals surface area (Å²) in [4.78, 5) is 0. The van der Waals surface area contributed by atoms with Gasteiger partial charge in [0, 0.05) is 12.6 Å². The average Bonchev–Trinajstić information content (AvgIpc) is 2.34. The van der Waals surface area contributed by atoms with Gasteiger partial charge in [0.05, 0.1) is 18.6 Å². The third-order valence-corrected chi connectivity index (χ3v) is 2.70. The third-order valence-electron chi connectivity index (χ3n) is 2.70. The van der Waals surface area contributed by atoms with Crippen LogP contribution in [0.1, 0.15) is 39.2 Å². The number of nitriles is 1. The fourth-order valence-electron chi connectivity index (χ4n) is 1.73. The lowest BCUT2D eigenvalue weighted by Crippen LogP contribution is -2.27. The summed E-state index contributed by atoms with van der Waals surface area (Å²) in [6.07, 6.45) is 1.71. The minimum absolute atomic E-state index is 0.190. The van der Waals surface area contributed by atoms with Gasteiger partial charge in [-0.05, 0) is 38.0 Å². The molecule has 1 aromatic rings. The van der Waals surface area contributed by atoms with Gasteiger partial charge >= 0.3 is 0 Å². The molecule has 98 valence electrons. The van der Waals surface area contributed by atoms with E-state index < -0.39 is 0 Å². The summed E-state index contributed by atoms with van der Waals surface area (Å²) in [5.41, 5.74) is 1.18. The standard InChI is InChI=1S/C15H22N2O/c1-4-14(8-9-16)17-11-13-6-5-7-15(10-13)18-12(2)3/h5-7,10,12,14,17H,4,8,11H2,1-3H3. The van der Waals surface area contributed by atoms with E-state index in [1.807, 2.05) is 32.0 Å². The summed E-state index contributed by atoms with van der Waals surface area (Å²) in [6, 6.07) is 10.6. The molecular formula is C15H22N2O. The van der Waals surface area contributed by atoms with E-state index in [1.54, 1.807) is 0 Å². The Bertz CT molecular complexity index is 396. The van der Waals surface area contributed by atoms with E-state index in [-0.39, 0.29) is 12.1 Å². The Balaban J connectivity index is 2.54. The Kier molecular flexibility index (Phi) is 6.24. The highest BCUT2D eigenvalue weighted by Gasteiger charge is 2.05. The fourth-order valence-corrected chi connectivity index (χ4v) is 1.73. The molecule has 0 aliphatic rings. The van der Waals surface area contributed by atoms with E-state index in [0.29, 0.717) is 6.42 Å². The van der Waals surface area contributed by atoms with Gasteiger partial charge in [0.1, 0.15) is 5.75 Å². The minimum atomic E-state index is 0.190. The summed E-state index contributed by atoms with van der Waals surface area (Å²) >= 11 is 0. The Labute approximate surface area is 110 Å². The molecule has 1 aromatic carbocycles. The lowest BCUT2D eigenvalue weighted by atomic mass is 10.1. The molecule has 1 rings (SSSR count). The average molecular weight is 246 g/mol. The van der Waals surface area contributed by atoms with Gasteiger partial charge in [0.15, 0.2) is 0 Å². The molecule has 0 aromatic heterocycles. The molecular weight excluding hydrogens is 224 g/mol. The predicted molar refractivity (Wildman–Crippen MR) is 73.4 cm³/mol. The molecule has 0 radical (unpaired) electrons. The molecule has 0 amide bonds. The van der Waals surface area contributed by atoms with Crippen LogP contribution in [0.2, 0.25) is 0 Å². The van der Waals surface area contributed by atoms with Crippen molar-refractivity contribution in [1.29, 1.82) is 5.26 Å². The van der Waals surface area contributed by atoms with Crippen molar-refractivity contribution in [3.8, 4) is 11.8 Å². The van der Waals surface area contributed by atoms with Crippen molar-refractivity contribution in [2.24, 2.45) is 0 Å². The zero-order chi connectivity index (χ0) is 13.4. The van der Waals surface area contributed by atoms with Gasteiger partial charge in [-0.25, -0.2) is 0 Å². The van der Waals surface area contributed by atoms with Crippen LogP contribution < -0.4 is 10.1 Å². The number of benzene rings is 1. The zero-order valence-electron chi connectivity index (χ0n) is 11.4. The van der Waals surface area contributed by atoms with Crippen LogP contribution in [-0.2, 0) is 6.54 Å². The minimum Gasteiger partial charge on any atom is -0.491 e. The second-order valence-corrected chi connectivity index (χ2v) is 4.66. The lowest BCUT2D eigenvalue weighted by Gasteiger charge is -2.15. The van der Waals surface area contributed by atoms with Gasteiger partial charge < -0.3 is 10.1 Å². The number of ether oxygens (including phenoxy) is 1. The molecule has 0 aliphatic carbocycles. The van der Waals surface area contributed by atoms with E-state index in [4.69, 9.17) is 10.00 Å². The maximum Gasteiger partial charge on any atom is 0.120 e. The summed E-state index contributed by atoms with van der Waals surface area (Å²) in [5, 5.41) is 12.1. The van der Waals surface area contributed by atoms with Crippen molar-refractivity contribution in [2.75, 3.05) is 0 Å². The predicted octanol–water partition coefficient (Wildman–Crippen LogP) is 3.26. The quantitative estimate of drug-likeness (QED) is 0.803. The molecule has 1 unspecified atom stereocenters. The van der Waals surface area contributed by atoms with Crippen molar-refractivity contribution in [3.63, 3.8) is 0 Å². The van der Waals surface area contributed by atoms with E-state index in [1.165, 1.54) is 5.56 Å². The first-order chi connectivity index (χ1) is 8.65. The van der Waals surface area contributed by atoms with Crippen LogP contribution in [0.25, 0.3) is 0 Å². The van der Waals surface area contributed by atoms with E-state index in [9.17, 15) is 0 Å². The molecule has 0 heterocycles. The topological polar surface area (TPSA) is 45.0 Å². The molecule has 0 bridgehead atoms. The molecule has 3 nitrogen and oxygen atoms in total.